The van der Waals surface area contributed by atoms with Gasteiger partial charge in [0.2, 0.25) is 0 Å². The number of nitrogens with one attached hydrogen (secondary N) is 1. The molecule has 1 aromatic rings. The third-order valence-electron chi connectivity index (χ3n) is 4.22. The van der Waals surface area contributed by atoms with Gasteiger partial charge in [-0.2, -0.15) is 0 Å². The van der Waals surface area contributed by atoms with Crippen molar-refractivity contribution in [1.82, 2.24) is 0 Å². The van der Waals surface area contributed by atoms with Crippen molar-refractivity contribution in [2.24, 2.45) is 11.8 Å². The minimum atomic E-state index is -1.23. The molecule has 1 aliphatic rings. The Labute approximate surface area is 119 Å². The van der Waals surface area contributed by atoms with Gasteiger partial charge in [0.1, 0.15) is 5.82 Å². The molecule has 1 aliphatic carbocycles. The van der Waals surface area contributed by atoms with E-state index in [0.717, 1.165) is 24.8 Å². The Morgan fingerprint density at radius 1 is 1.35 bits per heavy atom. The number of anilines is 1. The number of benzene rings is 1. The minimum absolute atomic E-state index is 0.281. The van der Waals surface area contributed by atoms with Gasteiger partial charge in [0.05, 0.1) is 5.56 Å². The second-order valence-corrected chi connectivity index (χ2v) is 5.84. The maximum atomic E-state index is 13.5. The molecule has 0 spiro atoms. The summed E-state index contributed by atoms with van der Waals surface area (Å²) in [4.78, 5) is 10.7. The second kappa shape index (κ2) is 6.73. The van der Waals surface area contributed by atoms with E-state index in [9.17, 15) is 9.18 Å². The Kier molecular flexibility index (Phi) is 4.99. The molecule has 0 unspecified atom stereocenters. The Bertz CT molecular complexity index is 468. The van der Waals surface area contributed by atoms with Crippen LogP contribution in [0.15, 0.2) is 18.2 Å². The van der Waals surface area contributed by atoms with E-state index in [1.807, 2.05) is 0 Å². The molecular weight excluding hydrogens is 257 g/mol. The summed E-state index contributed by atoms with van der Waals surface area (Å²) in [6.07, 6.45) is 6.29. The number of halogens is 1. The summed E-state index contributed by atoms with van der Waals surface area (Å²) in [6, 6.07) is 4.18. The summed E-state index contributed by atoms with van der Waals surface area (Å²) in [5.41, 5.74) is 0.369. The summed E-state index contributed by atoms with van der Waals surface area (Å²) in [6.45, 7) is 3.12. The summed E-state index contributed by atoms with van der Waals surface area (Å²) < 4.78 is 13.5. The molecule has 1 aromatic carbocycles. The number of aromatic carboxylic acids is 1. The van der Waals surface area contributed by atoms with Crippen molar-refractivity contribution < 1.29 is 14.3 Å². The molecule has 4 heteroatoms. The lowest BCUT2D eigenvalue weighted by atomic mass is 9.81. The second-order valence-electron chi connectivity index (χ2n) is 5.84. The van der Waals surface area contributed by atoms with Gasteiger partial charge in [0.15, 0.2) is 0 Å². The molecule has 110 valence electrons. The SMILES string of the molecule is CC1CCC(CCNc2ccc(C(=O)O)c(F)c2)CC1. The molecule has 2 N–H and O–H groups in total. The number of carboxylic acids is 1. The van der Waals surface area contributed by atoms with Crippen molar-refractivity contribution >= 4 is 11.7 Å². The van der Waals surface area contributed by atoms with Crippen molar-refractivity contribution in [1.29, 1.82) is 0 Å². The zero-order chi connectivity index (χ0) is 14.5. The molecule has 0 atom stereocenters. The van der Waals surface area contributed by atoms with Gasteiger partial charge in [-0.25, -0.2) is 9.18 Å². The minimum Gasteiger partial charge on any atom is -0.478 e. The molecule has 0 heterocycles. The van der Waals surface area contributed by atoms with Gasteiger partial charge in [0.25, 0.3) is 0 Å². The van der Waals surface area contributed by atoms with Crippen molar-refractivity contribution in [3.63, 3.8) is 0 Å². The van der Waals surface area contributed by atoms with E-state index in [-0.39, 0.29) is 5.56 Å². The molecule has 20 heavy (non-hydrogen) atoms. The largest absolute Gasteiger partial charge is 0.478 e. The zero-order valence-electron chi connectivity index (χ0n) is 11.9. The molecule has 0 amide bonds. The summed E-state index contributed by atoms with van der Waals surface area (Å²) in [5.74, 6) is -0.293. The first kappa shape index (κ1) is 14.8. The first-order chi connectivity index (χ1) is 9.56. The number of hydrogen-bond acceptors (Lipinski definition) is 2. The molecule has 3 nitrogen and oxygen atoms in total. The Hall–Kier alpha value is -1.58. The predicted molar refractivity (Wildman–Crippen MR) is 77.6 cm³/mol. The molecule has 1 saturated carbocycles. The van der Waals surface area contributed by atoms with Crippen molar-refractivity contribution in [3.8, 4) is 0 Å². The highest BCUT2D eigenvalue weighted by molar-refractivity contribution is 5.88. The molecule has 1 fully saturated rings. The third kappa shape index (κ3) is 3.95. The molecule has 0 saturated heterocycles. The number of carboxylic acid groups (broad SMARTS) is 1. The van der Waals surface area contributed by atoms with Crippen LogP contribution in [0.1, 0.15) is 49.4 Å². The average molecular weight is 279 g/mol. The van der Waals surface area contributed by atoms with Crippen molar-refractivity contribution in [3.05, 3.63) is 29.6 Å². The van der Waals surface area contributed by atoms with E-state index in [4.69, 9.17) is 5.11 Å². The zero-order valence-corrected chi connectivity index (χ0v) is 11.9. The van der Waals surface area contributed by atoms with Gasteiger partial charge in [-0.15, -0.1) is 0 Å². The highest BCUT2D eigenvalue weighted by Crippen LogP contribution is 2.30. The van der Waals surface area contributed by atoms with Crippen LogP contribution in [-0.4, -0.2) is 17.6 Å². The normalized spacial score (nSPS) is 22.5. The Morgan fingerprint density at radius 3 is 2.65 bits per heavy atom. The van der Waals surface area contributed by atoms with Crippen LogP contribution < -0.4 is 5.32 Å². The number of rotatable bonds is 5. The number of carbonyl (C=O) groups is 1. The quantitative estimate of drug-likeness (QED) is 0.851. The monoisotopic (exact) mass is 279 g/mol. The van der Waals surface area contributed by atoms with Gasteiger partial charge in [-0.1, -0.05) is 32.6 Å². The standard InChI is InChI=1S/C16H22FNO2/c1-11-2-4-12(5-3-11)8-9-18-13-6-7-14(16(19)20)15(17)10-13/h6-7,10-12,18H,2-5,8-9H2,1H3,(H,19,20). The van der Waals surface area contributed by atoms with Crippen LogP contribution in [0.5, 0.6) is 0 Å². The van der Waals surface area contributed by atoms with E-state index in [1.54, 1.807) is 6.07 Å². The first-order valence-corrected chi connectivity index (χ1v) is 7.33. The van der Waals surface area contributed by atoms with Gasteiger partial charge in [0, 0.05) is 12.2 Å². The van der Waals surface area contributed by atoms with E-state index >= 15 is 0 Å². The van der Waals surface area contributed by atoms with E-state index in [1.165, 1.54) is 37.8 Å². The van der Waals surface area contributed by atoms with Crippen LogP contribution in [0.2, 0.25) is 0 Å². The van der Waals surface area contributed by atoms with Gasteiger partial charge in [-0.05, 0) is 36.5 Å². The summed E-state index contributed by atoms with van der Waals surface area (Å²) >= 11 is 0. The summed E-state index contributed by atoms with van der Waals surface area (Å²) in [5, 5.41) is 11.9. The number of hydrogen-bond donors (Lipinski definition) is 2. The fraction of sp³-hybridized carbons (Fsp3) is 0.562. The lowest BCUT2D eigenvalue weighted by Crippen LogP contribution is -2.16. The molecule has 0 bridgehead atoms. The molecule has 0 aromatic heterocycles. The lowest BCUT2D eigenvalue weighted by molar-refractivity contribution is 0.0692. The van der Waals surface area contributed by atoms with Crippen molar-refractivity contribution in [2.75, 3.05) is 11.9 Å². The lowest BCUT2D eigenvalue weighted by Gasteiger charge is -2.26. The first-order valence-electron chi connectivity index (χ1n) is 7.33. The highest BCUT2D eigenvalue weighted by atomic mass is 19.1. The van der Waals surface area contributed by atoms with Gasteiger partial charge < -0.3 is 10.4 Å². The molecule has 0 radical (unpaired) electrons. The van der Waals surface area contributed by atoms with Gasteiger partial charge >= 0.3 is 5.97 Å². The van der Waals surface area contributed by atoms with Crippen LogP contribution in [0.25, 0.3) is 0 Å². The molecule has 0 aliphatic heterocycles. The Morgan fingerprint density at radius 2 is 2.05 bits per heavy atom. The van der Waals surface area contributed by atoms with E-state index in [0.29, 0.717) is 5.69 Å². The van der Waals surface area contributed by atoms with Crippen LogP contribution in [-0.2, 0) is 0 Å². The highest BCUT2D eigenvalue weighted by Gasteiger charge is 2.17. The predicted octanol–water partition coefficient (Wildman–Crippen LogP) is 4.15. The van der Waals surface area contributed by atoms with Crippen LogP contribution in [0.4, 0.5) is 10.1 Å². The third-order valence-corrected chi connectivity index (χ3v) is 4.22. The molecule has 2 rings (SSSR count). The summed E-state index contributed by atoms with van der Waals surface area (Å²) in [7, 11) is 0. The van der Waals surface area contributed by atoms with E-state index in [2.05, 4.69) is 12.2 Å². The fourth-order valence-corrected chi connectivity index (χ4v) is 2.84. The van der Waals surface area contributed by atoms with Crippen LogP contribution >= 0.6 is 0 Å². The smallest absolute Gasteiger partial charge is 0.338 e. The van der Waals surface area contributed by atoms with E-state index < -0.39 is 11.8 Å². The average Bonchev–Trinajstić information content (AvgIpc) is 2.41. The van der Waals surface area contributed by atoms with Crippen LogP contribution in [0.3, 0.4) is 0 Å². The molecular formula is C16H22FNO2. The van der Waals surface area contributed by atoms with Crippen LogP contribution in [0, 0.1) is 17.7 Å². The topological polar surface area (TPSA) is 49.3 Å². The maximum absolute atomic E-state index is 13.5. The van der Waals surface area contributed by atoms with Gasteiger partial charge in [-0.3, -0.25) is 0 Å². The fourth-order valence-electron chi connectivity index (χ4n) is 2.84. The van der Waals surface area contributed by atoms with Crippen molar-refractivity contribution in [2.45, 2.75) is 39.0 Å². The maximum Gasteiger partial charge on any atom is 0.338 e. The Balaban J connectivity index is 1.79.